The third-order valence-electron chi connectivity index (χ3n) is 4.35. The zero-order valence-electron chi connectivity index (χ0n) is 12.4. The van der Waals surface area contributed by atoms with Crippen molar-refractivity contribution >= 4 is 17.5 Å². The Bertz CT molecular complexity index is 507. The van der Waals surface area contributed by atoms with Crippen LogP contribution >= 0.6 is 11.6 Å². The van der Waals surface area contributed by atoms with Gasteiger partial charge < -0.3 is 15.7 Å². The van der Waals surface area contributed by atoms with Crippen LogP contribution in [0.25, 0.3) is 0 Å². The number of amides is 1. The zero-order chi connectivity index (χ0) is 15.4. The Balaban J connectivity index is 2.27. The van der Waals surface area contributed by atoms with Crippen LogP contribution in [0.5, 0.6) is 5.75 Å². The molecular weight excluding hydrogens is 288 g/mol. The largest absolute Gasteiger partial charge is 0.508 e. The lowest BCUT2D eigenvalue weighted by Gasteiger charge is -2.39. The summed E-state index contributed by atoms with van der Waals surface area (Å²) in [6.07, 6.45) is 4.35. The van der Waals surface area contributed by atoms with Crippen LogP contribution < -0.4 is 5.73 Å². The van der Waals surface area contributed by atoms with Gasteiger partial charge in [0.05, 0.1) is 10.6 Å². The number of hydrogen-bond donors (Lipinski definition) is 2. The lowest BCUT2D eigenvalue weighted by atomic mass is 9.83. The summed E-state index contributed by atoms with van der Waals surface area (Å²) < 4.78 is 0. The predicted molar refractivity (Wildman–Crippen MR) is 84.6 cm³/mol. The molecule has 1 aliphatic rings. The molecule has 0 radical (unpaired) electrons. The summed E-state index contributed by atoms with van der Waals surface area (Å²) in [6.45, 7) is 3.19. The molecule has 0 heterocycles. The van der Waals surface area contributed by atoms with Crippen molar-refractivity contribution < 1.29 is 9.90 Å². The van der Waals surface area contributed by atoms with Gasteiger partial charge in [0.15, 0.2) is 0 Å². The van der Waals surface area contributed by atoms with Crippen molar-refractivity contribution in [2.45, 2.75) is 38.6 Å². The van der Waals surface area contributed by atoms with E-state index in [0.29, 0.717) is 29.6 Å². The molecule has 1 saturated carbocycles. The highest BCUT2D eigenvalue weighted by Gasteiger charge is 2.32. The summed E-state index contributed by atoms with van der Waals surface area (Å²) in [5, 5.41) is 9.97. The zero-order valence-corrected chi connectivity index (χ0v) is 13.1. The number of rotatable bonds is 4. The molecule has 1 fully saturated rings. The second kappa shape index (κ2) is 7.14. The standard InChI is InChI=1S/C16H23ClN2O2/c1-2-19(15-6-4-3-5-11(15)10-18)16(21)13-9-12(20)7-8-14(13)17/h7-9,11,15,20H,2-6,10,18H2,1H3. The average molecular weight is 311 g/mol. The topological polar surface area (TPSA) is 66.6 Å². The van der Waals surface area contributed by atoms with Gasteiger partial charge in [0.1, 0.15) is 5.75 Å². The van der Waals surface area contributed by atoms with Crippen molar-refractivity contribution in [1.82, 2.24) is 4.90 Å². The van der Waals surface area contributed by atoms with Crippen LogP contribution in [0.2, 0.25) is 5.02 Å². The smallest absolute Gasteiger partial charge is 0.255 e. The van der Waals surface area contributed by atoms with Crippen LogP contribution in [0.4, 0.5) is 0 Å². The van der Waals surface area contributed by atoms with Crippen molar-refractivity contribution in [2.75, 3.05) is 13.1 Å². The quantitative estimate of drug-likeness (QED) is 0.898. The number of hydrogen-bond acceptors (Lipinski definition) is 3. The summed E-state index contributed by atoms with van der Waals surface area (Å²) in [6, 6.07) is 4.64. The molecular formula is C16H23ClN2O2. The van der Waals surface area contributed by atoms with Crippen LogP contribution in [-0.4, -0.2) is 35.0 Å². The first-order chi connectivity index (χ1) is 10.1. The molecule has 3 N–H and O–H groups in total. The fourth-order valence-corrected chi connectivity index (χ4v) is 3.43. The molecule has 5 heteroatoms. The Hall–Kier alpha value is -1.26. The highest BCUT2D eigenvalue weighted by atomic mass is 35.5. The maximum Gasteiger partial charge on any atom is 0.255 e. The molecule has 21 heavy (non-hydrogen) atoms. The van der Waals surface area contributed by atoms with Gasteiger partial charge >= 0.3 is 0 Å². The van der Waals surface area contributed by atoms with Crippen molar-refractivity contribution in [3.05, 3.63) is 28.8 Å². The highest BCUT2D eigenvalue weighted by Crippen LogP contribution is 2.30. The minimum absolute atomic E-state index is 0.0535. The second-order valence-electron chi connectivity index (χ2n) is 5.60. The normalized spacial score (nSPS) is 22.0. The third-order valence-corrected chi connectivity index (χ3v) is 4.68. The minimum Gasteiger partial charge on any atom is -0.508 e. The van der Waals surface area contributed by atoms with E-state index in [-0.39, 0.29) is 17.7 Å². The average Bonchev–Trinajstić information content (AvgIpc) is 2.50. The van der Waals surface area contributed by atoms with E-state index in [0.717, 1.165) is 19.3 Å². The van der Waals surface area contributed by atoms with Crippen molar-refractivity contribution in [2.24, 2.45) is 11.7 Å². The molecule has 0 spiro atoms. The van der Waals surface area contributed by atoms with Gasteiger partial charge in [0.25, 0.3) is 5.91 Å². The number of nitrogens with two attached hydrogens (primary N) is 1. The number of benzene rings is 1. The van der Waals surface area contributed by atoms with Gasteiger partial charge in [-0.25, -0.2) is 0 Å². The second-order valence-corrected chi connectivity index (χ2v) is 6.01. The first kappa shape index (κ1) is 16.1. The van der Waals surface area contributed by atoms with Gasteiger partial charge in [-0.2, -0.15) is 0 Å². The Labute approximate surface area is 130 Å². The number of nitrogens with zero attached hydrogens (tertiary/aromatic N) is 1. The molecule has 2 rings (SSSR count). The number of carbonyl (C=O) groups excluding carboxylic acids is 1. The van der Waals surface area contributed by atoms with Gasteiger partial charge in [-0.05, 0) is 50.4 Å². The fraction of sp³-hybridized carbons (Fsp3) is 0.562. The van der Waals surface area contributed by atoms with Crippen molar-refractivity contribution in [3.63, 3.8) is 0 Å². The molecule has 1 aliphatic carbocycles. The maximum absolute atomic E-state index is 12.8. The summed E-state index contributed by atoms with van der Waals surface area (Å²) >= 11 is 6.12. The first-order valence-corrected chi connectivity index (χ1v) is 7.95. The highest BCUT2D eigenvalue weighted by molar-refractivity contribution is 6.33. The minimum atomic E-state index is -0.122. The van der Waals surface area contributed by atoms with E-state index in [1.165, 1.54) is 18.6 Å². The van der Waals surface area contributed by atoms with E-state index in [1.807, 2.05) is 11.8 Å². The molecule has 1 aromatic rings. The molecule has 1 amide bonds. The Morgan fingerprint density at radius 2 is 2.14 bits per heavy atom. The molecule has 0 bridgehead atoms. The van der Waals surface area contributed by atoms with E-state index in [4.69, 9.17) is 17.3 Å². The molecule has 2 unspecified atom stereocenters. The van der Waals surface area contributed by atoms with E-state index >= 15 is 0 Å². The van der Waals surface area contributed by atoms with E-state index < -0.39 is 0 Å². The number of aromatic hydroxyl groups is 1. The van der Waals surface area contributed by atoms with Crippen LogP contribution in [0.15, 0.2) is 18.2 Å². The molecule has 1 aromatic carbocycles. The van der Waals surface area contributed by atoms with Crippen LogP contribution in [-0.2, 0) is 0 Å². The monoisotopic (exact) mass is 310 g/mol. The molecule has 116 valence electrons. The predicted octanol–water partition coefficient (Wildman–Crippen LogP) is 3.03. The summed E-state index contributed by atoms with van der Waals surface area (Å²) in [5.74, 6) is 0.278. The van der Waals surface area contributed by atoms with Gasteiger partial charge in [-0.3, -0.25) is 4.79 Å². The van der Waals surface area contributed by atoms with E-state index in [1.54, 1.807) is 6.07 Å². The Kier molecular flexibility index (Phi) is 5.48. The third kappa shape index (κ3) is 3.50. The number of carbonyl (C=O) groups is 1. The maximum atomic E-state index is 12.8. The first-order valence-electron chi connectivity index (χ1n) is 7.58. The lowest BCUT2D eigenvalue weighted by molar-refractivity contribution is 0.0560. The van der Waals surface area contributed by atoms with Crippen LogP contribution in [0.1, 0.15) is 43.0 Å². The Morgan fingerprint density at radius 3 is 2.81 bits per heavy atom. The Morgan fingerprint density at radius 1 is 1.43 bits per heavy atom. The van der Waals surface area contributed by atoms with Gasteiger partial charge in [-0.1, -0.05) is 24.4 Å². The van der Waals surface area contributed by atoms with E-state index in [9.17, 15) is 9.90 Å². The van der Waals surface area contributed by atoms with Gasteiger partial charge in [0, 0.05) is 12.6 Å². The summed E-state index contributed by atoms with van der Waals surface area (Å²) in [7, 11) is 0. The molecule has 0 aromatic heterocycles. The van der Waals surface area contributed by atoms with Gasteiger partial charge in [0.2, 0.25) is 0 Å². The molecule has 2 atom stereocenters. The SMILES string of the molecule is CCN(C(=O)c1cc(O)ccc1Cl)C1CCCCC1CN. The lowest BCUT2D eigenvalue weighted by Crippen LogP contribution is -2.48. The number of phenolic OH excluding ortho intramolecular Hbond substituents is 1. The number of phenols is 1. The summed E-state index contributed by atoms with van der Waals surface area (Å²) in [5.41, 5.74) is 6.24. The van der Waals surface area contributed by atoms with E-state index in [2.05, 4.69) is 0 Å². The van der Waals surface area contributed by atoms with Crippen molar-refractivity contribution in [1.29, 1.82) is 0 Å². The number of halogens is 1. The summed E-state index contributed by atoms with van der Waals surface area (Å²) in [4.78, 5) is 14.7. The fourth-order valence-electron chi connectivity index (χ4n) is 3.23. The van der Waals surface area contributed by atoms with Gasteiger partial charge in [-0.15, -0.1) is 0 Å². The molecule has 0 saturated heterocycles. The molecule has 0 aliphatic heterocycles. The van der Waals surface area contributed by atoms with Crippen LogP contribution in [0.3, 0.4) is 0 Å². The van der Waals surface area contributed by atoms with Crippen molar-refractivity contribution in [3.8, 4) is 5.75 Å². The molecule has 4 nitrogen and oxygen atoms in total. The van der Waals surface area contributed by atoms with Crippen LogP contribution in [0, 0.1) is 5.92 Å².